The third-order valence-corrected chi connectivity index (χ3v) is 4.03. The van der Waals surface area contributed by atoms with Crippen molar-refractivity contribution in [2.75, 3.05) is 0 Å². The lowest BCUT2D eigenvalue weighted by Gasteiger charge is -2.08. The van der Waals surface area contributed by atoms with E-state index in [1.807, 2.05) is 6.07 Å². The van der Waals surface area contributed by atoms with E-state index in [9.17, 15) is 20.2 Å². The maximum atomic E-state index is 13.0. The Balaban J connectivity index is 1.88. The second-order valence-corrected chi connectivity index (χ2v) is 5.83. The number of nitrogens with zero attached hydrogens (tertiary/aromatic N) is 4. The van der Waals surface area contributed by atoms with E-state index in [2.05, 4.69) is 10.1 Å². The van der Waals surface area contributed by atoms with Crippen LogP contribution in [0, 0.1) is 0 Å². The van der Waals surface area contributed by atoms with Crippen LogP contribution in [0.3, 0.4) is 0 Å². The molecule has 0 aliphatic carbocycles. The molecule has 4 aromatic rings. The highest BCUT2D eigenvalue weighted by molar-refractivity contribution is 5.79. The number of phenols is 2. The van der Waals surface area contributed by atoms with Gasteiger partial charge in [-0.05, 0) is 35.9 Å². The van der Waals surface area contributed by atoms with E-state index < -0.39 is 0 Å². The van der Waals surface area contributed by atoms with Crippen molar-refractivity contribution < 1.29 is 15.4 Å². The van der Waals surface area contributed by atoms with Gasteiger partial charge in [0.1, 0.15) is 5.69 Å². The second-order valence-electron chi connectivity index (χ2n) is 5.83. The number of phenolic OH excluding ortho intramolecular Hbond substituents is 2. The lowest BCUT2D eigenvalue weighted by Crippen LogP contribution is -2.22. The molecule has 0 bridgehead atoms. The molecule has 2 aromatic heterocycles. The summed E-state index contributed by atoms with van der Waals surface area (Å²) in [6.45, 7) is 0. The first-order chi connectivity index (χ1) is 13.0. The topological polar surface area (TPSA) is 113 Å². The van der Waals surface area contributed by atoms with E-state index >= 15 is 0 Å². The number of hydrogen-bond donors (Lipinski definition) is 3. The lowest BCUT2D eigenvalue weighted by atomic mass is 10.1. The number of hydrogen-bond acceptors (Lipinski definition) is 6. The minimum Gasteiger partial charge on any atom is -0.504 e. The molecule has 0 atom stereocenters. The maximum absolute atomic E-state index is 13.0. The Kier molecular flexibility index (Phi) is 3.85. The largest absolute Gasteiger partial charge is 0.504 e. The molecule has 0 fully saturated rings. The number of benzene rings is 2. The smallest absolute Gasteiger partial charge is 0.281 e. The summed E-state index contributed by atoms with van der Waals surface area (Å²) in [4.78, 5) is 18.0. The SMILES string of the molecule is O=c1c(/C=C/c2ccc(O)c(O)c2)nc2ccccc2n1-c1cnn(O)c1. The van der Waals surface area contributed by atoms with Gasteiger partial charge in [0.25, 0.3) is 5.56 Å². The fourth-order valence-corrected chi connectivity index (χ4v) is 2.75. The molecule has 2 aromatic carbocycles. The maximum Gasteiger partial charge on any atom is 0.281 e. The molecule has 8 heteroatoms. The monoisotopic (exact) mass is 362 g/mol. The molecule has 0 unspecified atom stereocenters. The summed E-state index contributed by atoms with van der Waals surface area (Å²) in [7, 11) is 0. The summed E-state index contributed by atoms with van der Waals surface area (Å²) in [6.07, 6.45) is 5.83. The van der Waals surface area contributed by atoms with Crippen LogP contribution in [0.5, 0.6) is 11.5 Å². The number of aromatic hydroxyl groups is 2. The highest BCUT2D eigenvalue weighted by atomic mass is 16.5. The quantitative estimate of drug-likeness (QED) is 0.381. The van der Waals surface area contributed by atoms with Crippen LogP contribution in [0.1, 0.15) is 11.3 Å². The van der Waals surface area contributed by atoms with Crippen LogP contribution >= 0.6 is 0 Å². The summed E-state index contributed by atoms with van der Waals surface area (Å²) < 4.78 is 1.41. The zero-order valence-electron chi connectivity index (χ0n) is 13.9. The minimum absolute atomic E-state index is 0.173. The van der Waals surface area contributed by atoms with Crippen molar-refractivity contribution in [3.05, 3.63) is 76.5 Å². The lowest BCUT2D eigenvalue weighted by molar-refractivity contribution is 0.149. The first kappa shape index (κ1) is 16.4. The molecule has 0 amide bonds. The molecule has 27 heavy (non-hydrogen) atoms. The molecule has 0 radical (unpaired) electrons. The van der Waals surface area contributed by atoms with E-state index in [4.69, 9.17) is 0 Å². The van der Waals surface area contributed by atoms with Gasteiger partial charge in [0.05, 0.1) is 29.1 Å². The van der Waals surface area contributed by atoms with E-state index in [0.29, 0.717) is 27.1 Å². The van der Waals surface area contributed by atoms with Gasteiger partial charge < -0.3 is 15.4 Å². The van der Waals surface area contributed by atoms with Gasteiger partial charge in [-0.15, -0.1) is 9.94 Å². The van der Waals surface area contributed by atoms with E-state index in [-0.39, 0.29) is 22.8 Å². The first-order valence-electron chi connectivity index (χ1n) is 7.99. The summed E-state index contributed by atoms with van der Waals surface area (Å²) in [6, 6.07) is 11.5. The Morgan fingerprint density at radius 2 is 1.81 bits per heavy atom. The Morgan fingerprint density at radius 1 is 1.00 bits per heavy atom. The van der Waals surface area contributed by atoms with Crippen LogP contribution in [0.25, 0.3) is 28.9 Å². The first-order valence-corrected chi connectivity index (χ1v) is 7.99. The standard InChI is InChI=1S/C19H14N4O4/c24-17-8-6-12(9-18(17)25)5-7-15-19(26)23(13-10-20-22(27)11-13)16-4-2-1-3-14(16)21-15/h1-11,24-25,27H/b7-5+. The fraction of sp³-hybridized carbons (Fsp3) is 0. The number of fused-ring (bicyclic) bond motifs is 1. The van der Waals surface area contributed by atoms with Gasteiger partial charge in [-0.3, -0.25) is 9.36 Å². The van der Waals surface area contributed by atoms with Crippen molar-refractivity contribution in [2.45, 2.75) is 0 Å². The Hall–Kier alpha value is -4.07. The zero-order valence-corrected chi connectivity index (χ0v) is 13.9. The summed E-state index contributed by atoms with van der Waals surface area (Å²) >= 11 is 0. The summed E-state index contributed by atoms with van der Waals surface area (Å²) in [5.74, 6) is -0.476. The van der Waals surface area contributed by atoms with Crippen molar-refractivity contribution in [2.24, 2.45) is 0 Å². The average Bonchev–Trinajstić information content (AvgIpc) is 3.08. The Labute approximate surface area is 152 Å². The number of rotatable bonds is 3. The van der Waals surface area contributed by atoms with Gasteiger partial charge in [0, 0.05) is 0 Å². The van der Waals surface area contributed by atoms with E-state index in [1.54, 1.807) is 30.3 Å². The average molecular weight is 362 g/mol. The predicted molar refractivity (Wildman–Crippen MR) is 99.0 cm³/mol. The zero-order chi connectivity index (χ0) is 19.0. The van der Waals surface area contributed by atoms with Gasteiger partial charge in [-0.2, -0.15) is 0 Å². The molecule has 2 heterocycles. The third-order valence-electron chi connectivity index (χ3n) is 4.03. The molecule has 3 N–H and O–H groups in total. The van der Waals surface area contributed by atoms with Crippen molar-refractivity contribution >= 4 is 23.2 Å². The van der Waals surface area contributed by atoms with Crippen LogP contribution in [-0.2, 0) is 0 Å². The van der Waals surface area contributed by atoms with Crippen LogP contribution in [-0.4, -0.2) is 34.9 Å². The highest BCUT2D eigenvalue weighted by Gasteiger charge is 2.12. The van der Waals surface area contributed by atoms with E-state index in [0.717, 1.165) is 0 Å². The second kappa shape index (κ2) is 6.34. The molecular weight excluding hydrogens is 348 g/mol. The molecule has 8 nitrogen and oxygen atoms in total. The van der Waals surface area contributed by atoms with Gasteiger partial charge in [0.15, 0.2) is 11.5 Å². The van der Waals surface area contributed by atoms with Gasteiger partial charge in [0.2, 0.25) is 0 Å². The molecule has 0 saturated heterocycles. The van der Waals surface area contributed by atoms with Crippen molar-refractivity contribution in [1.29, 1.82) is 0 Å². The van der Waals surface area contributed by atoms with E-state index in [1.165, 1.54) is 35.2 Å². The van der Waals surface area contributed by atoms with Crippen molar-refractivity contribution in [1.82, 2.24) is 19.5 Å². The fourth-order valence-electron chi connectivity index (χ4n) is 2.75. The Morgan fingerprint density at radius 3 is 2.56 bits per heavy atom. The molecular formula is C19H14N4O4. The summed E-state index contributed by atoms with van der Waals surface area (Å²) in [5.41, 5.74) is 1.95. The van der Waals surface area contributed by atoms with Gasteiger partial charge >= 0.3 is 0 Å². The normalized spacial score (nSPS) is 11.4. The molecule has 134 valence electrons. The Bertz CT molecular complexity index is 1240. The van der Waals surface area contributed by atoms with Crippen LogP contribution in [0.2, 0.25) is 0 Å². The number of aromatic nitrogens is 4. The van der Waals surface area contributed by atoms with Crippen molar-refractivity contribution in [3.8, 4) is 17.2 Å². The van der Waals surface area contributed by atoms with Crippen LogP contribution < -0.4 is 5.56 Å². The number of para-hydroxylation sites is 2. The van der Waals surface area contributed by atoms with Crippen LogP contribution in [0.15, 0.2) is 59.7 Å². The van der Waals surface area contributed by atoms with Gasteiger partial charge in [-0.1, -0.05) is 24.3 Å². The molecule has 4 rings (SSSR count). The summed E-state index contributed by atoms with van der Waals surface area (Å²) in [5, 5.41) is 32.1. The molecule has 0 saturated carbocycles. The minimum atomic E-state index is -0.388. The molecule has 0 aliphatic rings. The van der Waals surface area contributed by atoms with Crippen LogP contribution in [0.4, 0.5) is 0 Å². The molecule has 0 spiro atoms. The van der Waals surface area contributed by atoms with Crippen molar-refractivity contribution in [3.63, 3.8) is 0 Å². The predicted octanol–water partition coefficient (Wildman–Crippen LogP) is 2.40. The highest BCUT2D eigenvalue weighted by Crippen LogP contribution is 2.25. The molecule has 0 aliphatic heterocycles. The third kappa shape index (κ3) is 2.99. The van der Waals surface area contributed by atoms with Gasteiger partial charge in [-0.25, -0.2) is 4.98 Å².